The number of hydrogen-bond donors (Lipinski definition) is 2. The Morgan fingerprint density at radius 3 is 2.62 bits per heavy atom. The van der Waals surface area contributed by atoms with Crippen molar-refractivity contribution in [2.75, 3.05) is 13.1 Å². The second-order valence-corrected chi connectivity index (χ2v) is 5.31. The average Bonchev–Trinajstić information content (AvgIpc) is 2.95. The smallest absolute Gasteiger partial charge is 0.270 e. The van der Waals surface area contributed by atoms with E-state index in [0.29, 0.717) is 18.8 Å². The number of nitrogens with two attached hydrogens (primary N) is 1. The summed E-state index contributed by atoms with van der Waals surface area (Å²) in [4.78, 5) is 16.3. The average molecular weight is 348 g/mol. The van der Waals surface area contributed by atoms with Gasteiger partial charge < -0.3 is 11.1 Å². The molecule has 1 aromatic heterocycles. The lowest BCUT2D eigenvalue weighted by Crippen LogP contribution is -2.31. The first-order valence-corrected chi connectivity index (χ1v) is 7.08. The molecule has 0 radical (unpaired) electrons. The fourth-order valence-corrected chi connectivity index (χ4v) is 2.34. The summed E-state index contributed by atoms with van der Waals surface area (Å²) in [5.74, 6) is 0.134. The van der Waals surface area contributed by atoms with Gasteiger partial charge in [-0.25, -0.2) is 4.98 Å². The van der Waals surface area contributed by atoms with Gasteiger partial charge in [0.2, 0.25) is 0 Å². The Balaban J connectivity index is 0.00000200. The number of amides is 1. The van der Waals surface area contributed by atoms with Crippen LogP contribution in [0.15, 0.2) is 35.7 Å². The van der Waals surface area contributed by atoms with E-state index in [0.717, 1.165) is 10.6 Å². The van der Waals surface area contributed by atoms with E-state index < -0.39 is 0 Å². The third kappa shape index (κ3) is 5.63. The summed E-state index contributed by atoms with van der Waals surface area (Å²) in [7, 11) is 0. The van der Waals surface area contributed by atoms with E-state index in [4.69, 9.17) is 5.73 Å². The summed E-state index contributed by atoms with van der Waals surface area (Å²) < 4.78 is 0. The third-order valence-corrected chi connectivity index (χ3v) is 3.66. The minimum Gasteiger partial charge on any atom is -0.350 e. The lowest BCUT2D eigenvalue weighted by molar-refractivity contribution is 0.0944. The SMILES string of the molecule is CC(CN)CNC(=O)c1csc(-c2ccccc2)n1.Cl.Cl. The standard InChI is InChI=1S/C14H17N3OS.2ClH/c1-10(7-15)8-16-13(18)12-9-19-14(17-12)11-5-3-2-4-6-11;;/h2-6,9-10H,7-8,15H2,1H3,(H,16,18);2*1H. The predicted octanol–water partition coefficient (Wildman–Crippen LogP) is 2.98. The monoisotopic (exact) mass is 347 g/mol. The van der Waals surface area contributed by atoms with Crippen LogP contribution in [0.5, 0.6) is 0 Å². The van der Waals surface area contributed by atoms with Crippen molar-refractivity contribution in [1.82, 2.24) is 10.3 Å². The van der Waals surface area contributed by atoms with E-state index in [1.807, 2.05) is 37.3 Å². The first-order valence-electron chi connectivity index (χ1n) is 6.20. The van der Waals surface area contributed by atoms with Crippen molar-refractivity contribution in [1.29, 1.82) is 0 Å². The second kappa shape index (κ2) is 9.73. The predicted molar refractivity (Wildman–Crippen MR) is 92.6 cm³/mol. The first-order chi connectivity index (χ1) is 9.20. The summed E-state index contributed by atoms with van der Waals surface area (Å²) >= 11 is 1.47. The van der Waals surface area contributed by atoms with Crippen molar-refractivity contribution in [3.05, 3.63) is 41.4 Å². The highest BCUT2D eigenvalue weighted by Crippen LogP contribution is 2.23. The number of carbonyl (C=O) groups excluding carboxylic acids is 1. The molecular formula is C14H19Cl2N3OS. The van der Waals surface area contributed by atoms with Gasteiger partial charge in [0.25, 0.3) is 5.91 Å². The number of nitrogens with zero attached hydrogens (tertiary/aromatic N) is 1. The molecular weight excluding hydrogens is 329 g/mol. The van der Waals surface area contributed by atoms with Gasteiger partial charge in [-0.15, -0.1) is 36.2 Å². The van der Waals surface area contributed by atoms with Gasteiger partial charge in [0.15, 0.2) is 0 Å². The zero-order valence-corrected chi connectivity index (χ0v) is 14.1. The Morgan fingerprint density at radius 1 is 1.33 bits per heavy atom. The van der Waals surface area contributed by atoms with E-state index >= 15 is 0 Å². The lowest BCUT2D eigenvalue weighted by Gasteiger charge is -2.08. The number of aromatic nitrogens is 1. The molecule has 1 unspecified atom stereocenters. The van der Waals surface area contributed by atoms with Crippen molar-refractivity contribution >= 4 is 42.1 Å². The molecule has 3 N–H and O–H groups in total. The molecule has 0 fully saturated rings. The minimum absolute atomic E-state index is 0. The van der Waals surface area contributed by atoms with Crippen LogP contribution in [0.2, 0.25) is 0 Å². The highest BCUT2D eigenvalue weighted by atomic mass is 35.5. The molecule has 2 aromatic rings. The maximum absolute atomic E-state index is 11.9. The molecule has 116 valence electrons. The molecule has 1 amide bonds. The highest BCUT2D eigenvalue weighted by molar-refractivity contribution is 7.13. The molecule has 0 aliphatic rings. The molecule has 2 rings (SSSR count). The normalized spacial score (nSPS) is 11.0. The van der Waals surface area contributed by atoms with Gasteiger partial charge in [-0.3, -0.25) is 4.79 Å². The van der Waals surface area contributed by atoms with Crippen molar-refractivity contribution < 1.29 is 4.79 Å². The molecule has 7 heteroatoms. The summed E-state index contributed by atoms with van der Waals surface area (Å²) in [6, 6.07) is 9.84. The number of hydrogen-bond acceptors (Lipinski definition) is 4. The van der Waals surface area contributed by atoms with Gasteiger partial charge in [0, 0.05) is 17.5 Å². The van der Waals surface area contributed by atoms with Crippen LogP contribution in [0, 0.1) is 5.92 Å². The van der Waals surface area contributed by atoms with Gasteiger partial charge in [0.05, 0.1) is 0 Å². The van der Waals surface area contributed by atoms with Crippen LogP contribution in [-0.2, 0) is 0 Å². The molecule has 4 nitrogen and oxygen atoms in total. The Labute approximate surface area is 141 Å². The summed E-state index contributed by atoms with van der Waals surface area (Å²) in [6.07, 6.45) is 0. The minimum atomic E-state index is -0.140. The summed E-state index contributed by atoms with van der Waals surface area (Å²) in [5.41, 5.74) is 7.01. The Morgan fingerprint density at radius 2 is 2.00 bits per heavy atom. The molecule has 1 heterocycles. The van der Waals surface area contributed by atoms with Crippen LogP contribution >= 0.6 is 36.2 Å². The van der Waals surface area contributed by atoms with Gasteiger partial charge in [-0.05, 0) is 12.5 Å². The third-order valence-electron chi connectivity index (χ3n) is 2.77. The number of carbonyl (C=O) groups is 1. The number of halogens is 2. The van der Waals surface area contributed by atoms with Crippen LogP contribution in [0.4, 0.5) is 0 Å². The maximum atomic E-state index is 11.9. The van der Waals surface area contributed by atoms with Crippen LogP contribution < -0.4 is 11.1 Å². The Hall–Kier alpha value is -1.14. The zero-order chi connectivity index (χ0) is 13.7. The molecule has 0 spiro atoms. The van der Waals surface area contributed by atoms with Crippen LogP contribution in [-0.4, -0.2) is 24.0 Å². The quantitative estimate of drug-likeness (QED) is 0.873. The molecule has 1 atom stereocenters. The van der Waals surface area contributed by atoms with Crippen molar-refractivity contribution in [2.45, 2.75) is 6.92 Å². The molecule has 0 bridgehead atoms. The number of benzene rings is 1. The van der Waals surface area contributed by atoms with E-state index in [2.05, 4.69) is 10.3 Å². The van der Waals surface area contributed by atoms with Crippen LogP contribution in [0.1, 0.15) is 17.4 Å². The largest absolute Gasteiger partial charge is 0.350 e. The van der Waals surface area contributed by atoms with E-state index in [-0.39, 0.29) is 36.6 Å². The van der Waals surface area contributed by atoms with Crippen molar-refractivity contribution in [3.63, 3.8) is 0 Å². The van der Waals surface area contributed by atoms with Crippen LogP contribution in [0.3, 0.4) is 0 Å². The van der Waals surface area contributed by atoms with Gasteiger partial charge in [-0.1, -0.05) is 37.3 Å². The highest BCUT2D eigenvalue weighted by Gasteiger charge is 2.12. The number of rotatable bonds is 5. The molecule has 0 aliphatic heterocycles. The fourth-order valence-electron chi connectivity index (χ4n) is 1.53. The lowest BCUT2D eigenvalue weighted by atomic mass is 10.2. The fraction of sp³-hybridized carbons (Fsp3) is 0.286. The molecule has 1 aromatic carbocycles. The van der Waals surface area contributed by atoms with Gasteiger partial charge in [-0.2, -0.15) is 0 Å². The second-order valence-electron chi connectivity index (χ2n) is 4.45. The van der Waals surface area contributed by atoms with Crippen molar-refractivity contribution in [2.24, 2.45) is 11.7 Å². The summed E-state index contributed by atoms with van der Waals surface area (Å²) in [6.45, 7) is 3.14. The van der Waals surface area contributed by atoms with E-state index in [1.54, 1.807) is 5.38 Å². The molecule has 21 heavy (non-hydrogen) atoms. The van der Waals surface area contributed by atoms with Crippen LogP contribution in [0.25, 0.3) is 10.6 Å². The number of thiazole rings is 1. The van der Waals surface area contributed by atoms with E-state index in [1.165, 1.54) is 11.3 Å². The topological polar surface area (TPSA) is 68.0 Å². The van der Waals surface area contributed by atoms with E-state index in [9.17, 15) is 4.79 Å². The zero-order valence-electron chi connectivity index (χ0n) is 11.6. The van der Waals surface area contributed by atoms with Gasteiger partial charge >= 0.3 is 0 Å². The first kappa shape index (κ1) is 19.9. The molecule has 0 saturated carbocycles. The van der Waals surface area contributed by atoms with Crippen molar-refractivity contribution in [3.8, 4) is 10.6 Å². The Kier molecular flexibility index (Phi) is 9.21. The van der Waals surface area contributed by atoms with Gasteiger partial charge in [0.1, 0.15) is 10.7 Å². The molecule has 0 aliphatic carbocycles. The maximum Gasteiger partial charge on any atom is 0.270 e. The number of nitrogens with one attached hydrogen (secondary N) is 1. The Bertz CT molecular complexity index is 548. The molecule has 0 saturated heterocycles. The summed E-state index contributed by atoms with van der Waals surface area (Å²) in [5, 5.41) is 5.48.